The van der Waals surface area contributed by atoms with Gasteiger partial charge in [0.05, 0.1) is 19.7 Å². The van der Waals surface area contributed by atoms with Gasteiger partial charge in [0.1, 0.15) is 6.10 Å². The molecule has 0 aromatic heterocycles. The molecule has 0 radical (unpaired) electrons. The van der Waals surface area contributed by atoms with Crippen LogP contribution in [0.2, 0.25) is 0 Å². The van der Waals surface area contributed by atoms with Crippen molar-refractivity contribution in [1.29, 1.82) is 0 Å². The highest BCUT2D eigenvalue weighted by Gasteiger charge is 2.25. The summed E-state index contributed by atoms with van der Waals surface area (Å²) in [5.74, 6) is -0.328. The molecule has 5 nitrogen and oxygen atoms in total. The number of hydrogen-bond donors (Lipinski definition) is 1. The molecule has 2 aromatic carbocycles. The first-order valence-corrected chi connectivity index (χ1v) is 8.42. The fourth-order valence-electron chi connectivity index (χ4n) is 2.82. The first kappa shape index (κ1) is 17.2. The summed E-state index contributed by atoms with van der Waals surface area (Å²) >= 11 is 0. The van der Waals surface area contributed by atoms with Crippen molar-refractivity contribution < 1.29 is 14.3 Å². The number of amides is 2. The van der Waals surface area contributed by atoms with Crippen molar-refractivity contribution in [3.63, 3.8) is 0 Å². The first-order chi connectivity index (χ1) is 12.1. The van der Waals surface area contributed by atoms with Crippen molar-refractivity contribution >= 4 is 11.8 Å². The third-order valence-corrected chi connectivity index (χ3v) is 4.30. The van der Waals surface area contributed by atoms with Crippen molar-refractivity contribution in [2.45, 2.75) is 13.0 Å². The minimum atomic E-state index is -0.235. The van der Waals surface area contributed by atoms with Gasteiger partial charge in [0.25, 0.3) is 5.91 Å². The number of carbonyl (C=O) groups is 2. The van der Waals surface area contributed by atoms with Crippen molar-refractivity contribution in [2.24, 2.45) is 0 Å². The molecule has 130 valence electrons. The SMILES string of the molecule is Cc1ccc(C(=O)NCC(=O)N2CCO[C@H](c3ccccc3)C2)cc1. The Kier molecular flexibility index (Phi) is 5.46. The summed E-state index contributed by atoms with van der Waals surface area (Å²) in [6.45, 7) is 3.50. The fraction of sp³-hybridized carbons (Fsp3) is 0.300. The normalized spacial score (nSPS) is 17.2. The number of benzene rings is 2. The molecule has 0 unspecified atom stereocenters. The summed E-state index contributed by atoms with van der Waals surface area (Å²) < 4.78 is 5.77. The molecule has 1 N–H and O–H groups in total. The lowest BCUT2D eigenvalue weighted by Gasteiger charge is -2.33. The maximum Gasteiger partial charge on any atom is 0.251 e. The van der Waals surface area contributed by atoms with Crippen molar-refractivity contribution in [2.75, 3.05) is 26.2 Å². The van der Waals surface area contributed by atoms with Gasteiger partial charge in [-0.15, -0.1) is 0 Å². The van der Waals surface area contributed by atoms with Crippen molar-refractivity contribution in [1.82, 2.24) is 10.2 Å². The van der Waals surface area contributed by atoms with Crippen LogP contribution in [0.25, 0.3) is 0 Å². The van der Waals surface area contributed by atoms with Gasteiger partial charge in [0, 0.05) is 12.1 Å². The molecular weight excluding hydrogens is 316 g/mol. The molecule has 1 heterocycles. The second-order valence-corrected chi connectivity index (χ2v) is 6.16. The zero-order chi connectivity index (χ0) is 17.6. The van der Waals surface area contributed by atoms with E-state index < -0.39 is 0 Å². The van der Waals surface area contributed by atoms with Gasteiger partial charge in [-0.2, -0.15) is 0 Å². The molecule has 2 amide bonds. The van der Waals surface area contributed by atoms with Crippen LogP contribution in [0.15, 0.2) is 54.6 Å². The van der Waals surface area contributed by atoms with E-state index in [1.165, 1.54) is 0 Å². The van der Waals surface area contributed by atoms with E-state index in [4.69, 9.17) is 4.74 Å². The van der Waals surface area contributed by atoms with Gasteiger partial charge in [-0.05, 0) is 24.6 Å². The van der Waals surface area contributed by atoms with Gasteiger partial charge < -0.3 is 15.0 Å². The highest BCUT2D eigenvalue weighted by molar-refractivity contribution is 5.96. The summed E-state index contributed by atoms with van der Waals surface area (Å²) in [6.07, 6.45) is -0.119. The molecule has 0 spiro atoms. The van der Waals surface area contributed by atoms with E-state index in [0.717, 1.165) is 11.1 Å². The van der Waals surface area contributed by atoms with E-state index >= 15 is 0 Å². The van der Waals surface area contributed by atoms with Crippen LogP contribution in [0.3, 0.4) is 0 Å². The van der Waals surface area contributed by atoms with Gasteiger partial charge >= 0.3 is 0 Å². The minimum absolute atomic E-state index is 0.00573. The largest absolute Gasteiger partial charge is 0.370 e. The molecule has 1 saturated heterocycles. The van der Waals surface area contributed by atoms with Crippen LogP contribution < -0.4 is 5.32 Å². The molecule has 1 aliphatic heterocycles. The van der Waals surface area contributed by atoms with Crippen LogP contribution >= 0.6 is 0 Å². The number of hydrogen-bond acceptors (Lipinski definition) is 3. The Balaban J connectivity index is 1.54. The van der Waals surface area contributed by atoms with E-state index in [2.05, 4.69) is 5.32 Å². The summed E-state index contributed by atoms with van der Waals surface area (Å²) in [5, 5.41) is 2.70. The third-order valence-electron chi connectivity index (χ3n) is 4.30. The van der Waals surface area contributed by atoms with Crippen LogP contribution in [0.4, 0.5) is 0 Å². The van der Waals surface area contributed by atoms with Crippen molar-refractivity contribution in [3.05, 3.63) is 71.3 Å². The molecule has 0 bridgehead atoms. The Morgan fingerprint density at radius 3 is 2.56 bits per heavy atom. The summed E-state index contributed by atoms with van der Waals surface area (Å²) in [4.78, 5) is 26.3. The molecule has 1 atom stereocenters. The lowest BCUT2D eigenvalue weighted by atomic mass is 10.1. The molecule has 25 heavy (non-hydrogen) atoms. The number of nitrogens with zero attached hydrogens (tertiary/aromatic N) is 1. The molecule has 0 aliphatic carbocycles. The highest BCUT2D eigenvalue weighted by atomic mass is 16.5. The first-order valence-electron chi connectivity index (χ1n) is 8.42. The highest BCUT2D eigenvalue weighted by Crippen LogP contribution is 2.21. The Labute approximate surface area is 147 Å². The standard InChI is InChI=1S/C20H22N2O3/c1-15-7-9-17(10-8-15)20(24)21-13-19(23)22-11-12-25-18(14-22)16-5-3-2-4-6-16/h2-10,18H,11-14H2,1H3,(H,21,24)/t18-/m0/s1. The lowest BCUT2D eigenvalue weighted by Crippen LogP contribution is -2.46. The van der Waals surface area contributed by atoms with Crippen molar-refractivity contribution in [3.8, 4) is 0 Å². The van der Waals surface area contributed by atoms with Crippen LogP contribution in [0.5, 0.6) is 0 Å². The maximum absolute atomic E-state index is 12.4. The smallest absolute Gasteiger partial charge is 0.251 e. The fourth-order valence-corrected chi connectivity index (χ4v) is 2.82. The molecule has 1 fully saturated rings. The molecule has 1 aliphatic rings. The third kappa shape index (κ3) is 4.45. The molecule has 0 saturated carbocycles. The second-order valence-electron chi connectivity index (χ2n) is 6.16. The molecular formula is C20H22N2O3. The molecule has 5 heteroatoms. The Morgan fingerprint density at radius 2 is 1.84 bits per heavy atom. The van der Waals surface area contributed by atoms with Gasteiger partial charge in [-0.25, -0.2) is 0 Å². The van der Waals surface area contributed by atoms with E-state index in [1.54, 1.807) is 17.0 Å². The number of carbonyl (C=O) groups excluding carboxylic acids is 2. The number of morpholine rings is 1. The Hall–Kier alpha value is -2.66. The Bertz CT molecular complexity index is 728. The zero-order valence-electron chi connectivity index (χ0n) is 14.3. The average Bonchev–Trinajstić information content (AvgIpc) is 2.67. The second kappa shape index (κ2) is 7.94. The summed E-state index contributed by atoms with van der Waals surface area (Å²) in [6, 6.07) is 17.1. The van der Waals surface area contributed by atoms with E-state index in [0.29, 0.717) is 25.3 Å². The van der Waals surface area contributed by atoms with Gasteiger partial charge in [0.2, 0.25) is 5.91 Å². The predicted octanol–water partition coefficient (Wildman–Crippen LogP) is 2.32. The summed E-state index contributed by atoms with van der Waals surface area (Å²) in [7, 11) is 0. The average molecular weight is 338 g/mol. The maximum atomic E-state index is 12.4. The van der Waals surface area contributed by atoms with Crippen LogP contribution in [0, 0.1) is 6.92 Å². The quantitative estimate of drug-likeness (QED) is 0.931. The number of aryl methyl sites for hydroxylation is 1. The van der Waals surface area contributed by atoms with Gasteiger partial charge in [-0.1, -0.05) is 48.0 Å². The lowest BCUT2D eigenvalue weighted by molar-refractivity contribution is -0.137. The number of rotatable bonds is 4. The predicted molar refractivity (Wildman–Crippen MR) is 95.2 cm³/mol. The van der Waals surface area contributed by atoms with Gasteiger partial charge in [0.15, 0.2) is 0 Å². The zero-order valence-corrected chi connectivity index (χ0v) is 14.3. The van der Waals surface area contributed by atoms with Crippen LogP contribution in [-0.2, 0) is 9.53 Å². The minimum Gasteiger partial charge on any atom is -0.370 e. The van der Waals surface area contributed by atoms with Gasteiger partial charge in [-0.3, -0.25) is 9.59 Å². The number of ether oxygens (including phenoxy) is 1. The Morgan fingerprint density at radius 1 is 1.12 bits per heavy atom. The topological polar surface area (TPSA) is 58.6 Å². The van der Waals surface area contributed by atoms with Crippen LogP contribution in [0.1, 0.15) is 27.6 Å². The van der Waals surface area contributed by atoms with E-state index in [1.807, 2.05) is 49.4 Å². The number of nitrogens with one attached hydrogen (secondary N) is 1. The molecule has 3 rings (SSSR count). The van der Waals surface area contributed by atoms with E-state index in [-0.39, 0.29) is 24.5 Å². The summed E-state index contributed by atoms with van der Waals surface area (Å²) in [5.41, 5.74) is 2.71. The monoisotopic (exact) mass is 338 g/mol. The molecule has 2 aromatic rings. The van der Waals surface area contributed by atoms with Crippen LogP contribution in [-0.4, -0.2) is 43.0 Å². The van der Waals surface area contributed by atoms with E-state index in [9.17, 15) is 9.59 Å².